The molecule has 6 heteroatoms. The van der Waals surface area contributed by atoms with Gasteiger partial charge in [0.2, 0.25) is 5.91 Å². The molecule has 0 aromatic heterocycles. The molecule has 124 valence electrons. The smallest absolute Gasteiger partial charge is 0.306 e. The van der Waals surface area contributed by atoms with Gasteiger partial charge >= 0.3 is 5.97 Å². The standard InChI is InChI=1S/C17H21NO5/c1-23-15-10-11(2-8-14(15)19)3-9-16(20)18-13-6-4-12(5-7-13)17(21)22/h2-3,8-10,12-13,19H,4-7H2,1H3,(H,18,20)(H,21,22)/b9-3+. The van der Waals surface area contributed by atoms with Crippen LogP contribution in [0.15, 0.2) is 24.3 Å². The Morgan fingerprint density at radius 1 is 1.26 bits per heavy atom. The van der Waals surface area contributed by atoms with E-state index in [9.17, 15) is 14.7 Å². The van der Waals surface area contributed by atoms with E-state index in [4.69, 9.17) is 9.84 Å². The lowest BCUT2D eigenvalue weighted by atomic mass is 9.86. The highest BCUT2D eigenvalue weighted by Gasteiger charge is 2.26. The number of aromatic hydroxyl groups is 1. The van der Waals surface area contributed by atoms with E-state index in [-0.39, 0.29) is 23.6 Å². The fourth-order valence-corrected chi connectivity index (χ4v) is 2.70. The Hall–Kier alpha value is -2.50. The average Bonchev–Trinajstić information content (AvgIpc) is 2.54. The van der Waals surface area contributed by atoms with Crippen LogP contribution in [0.4, 0.5) is 0 Å². The van der Waals surface area contributed by atoms with Crippen molar-refractivity contribution in [1.82, 2.24) is 5.32 Å². The first-order valence-electron chi connectivity index (χ1n) is 7.58. The van der Waals surface area contributed by atoms with Crippen LogP contribution in [-0.2, 0) is 9.59 Å². The molecule has 1 aromatic rings. The summed E-state index contributed by atoms with van der Waals surface area (Å²) in [5, 5.41) is 21.4. The predicted octanol–water partition coefficient (Wildman–Crippen LogP) is 2.17. The number of carboxylic acid groups (broad SMARTS) is 1. The molecule has 3 N–H and O–H groups in total. The maximum atomic E-state index is 11.9. The third kappa shape index (κ3) is 4.74. The zero-order valence-electron chi connectivity index (χ0n) is 13.0. The lowest BCUT2D eigenvalue weighted by Gasteiger charge is -2.26. The number of phenolic OH excluding ortho intramolecular Hbond substituents is 1. The summed E-state index contributed by atoms with van der Waals surface area (Å²) in [6.45, 7) is 0. The Bertz CT molecular complexity index is 603. The van der Waals surface area contributed by atoms with Gasteiger partial charge in [-0.15, -0.1) is 0 Å². The van der Waals surface area contributed by atoms with Gasteiger partial charge in [0.05, 0.1) is 13.0 Å². The number of amides is 1. The molecular weight excluding hydrogens is 298 g/mol. The summed E-state index contributed by atoms with van der Waals surface area (Å²) >= 11 is 0. The van der Waals surface area contributed by atoms with Crippen molar-refractivity contribution in [2.45, 2.75) is 31.7 Å². The first-order valence-corrected chi connectivity index (χ1v) is 7.58. The highest BCUT2D eigenvalue weighted by Crippen LogP contribution is 2.27. The number of ether oxygens (including phenoxy) is 1. The number of hydrogen-bond acceptors (Lipinski definition) is 4. The van der Waals surface area contributed by atoms with E-state index < -0.39 is 5.97 Å². The molecule has 1 aromatic carbocycles. The minimum absolute atomic E-state index is 0.0251. The fourth-order valence-electron chi connectivity index (χ4n) is 2.70. The summed E-state index contributed by atoms with van der Waals surface area (Å²) in [5.74, 6) is -0.862. The number of methoxy groups -OCH3 is 1. The van der Waals surface area contributed by atoms with Crippen LogP contribution in [0, 0.1) is 5.92 Å². The van der Waals surface area contributed by atoms with Crippen molar-refractivity contribution in [3.05, 3.63) is 29.8 Å². The highest BCUT2D eigenvalue weighted by molar-refractivity contribution is 5.92. The second-order valence-electron chi connectivity index (χ2n) is 5.66. The van der Waals surface area contributed by atoms with E-state index >= 15 is 0 Å². The molecule has 0 heterocycles. The zero-order chi connectivity index (χ0) is 16.8. The SMILES string of the molecule is COc1cc(/C=C/C(=O)NC2CCC(C(=O)O)CC2)ccc1O. The van der Waals surface area contributed by atoms with Gasteiger partial charge in [0.15, 0.2) is 11.5 Å². The van der Waals surface area contributed by atoms with Crippen molar-refractivity contribution in [2.24, 2.45) is 5.92 Å². The van der Waals surface area contributed by atoms with Crippen LogP contribution in [0.25, 0.3) is 6.08 Å². The molecule has 1 aliphatic rings. The van der Waals surface area contributed by atoms with Crippen molar-refractivity contribution < 1.29 is 24.5 Å². The second kappa shape index (κ2) is 7.67. The maximum absolute atomic E-state index is 11.9. The molecule has 0 saturated heterocycles. The third-order valence-electron chi connectivity index (χ3n) is 4.05. The van der Waals surface area contributed by atoms with Gasteiger partial charge in [-0.1, -0.05) is 6.07 Å². The summed E-state index contributed by atoms with van der Waals surface area (Å²) in [6.07, 6.45) is 5.63. The third-order valence-corrected chi connectivity index (χ3v) is 4.05. The molecule has 0 atom stereocenters. The molecule has 0 unspecified atom stereocenters. The summed E-state index contributed by atoms with van der Waals surface area (Å²) in [5.41, 5.74) is 0.740. The van der Waals surface area contributed by atoms with Crippen molar-refractivity contribution in [1.29, 1.82) is 0 Å². The molecule has 2 rings (SSSR count). The summed E-state index contributed by atoms with van der Waals surface area (Å²) < 4.78 is 5.01. The Morgan fingerprint density at radius 2 is 1.96 bits per heavy atom. The molecule has 1 saturated carbocycles. The Morgan fingerprint density at radius 3 is 2.57 bits per heavy atom. The number of carbonyl (C=O) groups excluding carboxylic acids is 1. The van der Waals surface area contributed by atoms with E-state index in [2.05, 4.69) is 5.32 Å². The van der Waals surface area contributed by atoms with Crippen LogP contribution >= 0.6 is 0 Å². The van der Waals surface area contributed by atoms with Crippen LogP contribution in [0.1, 0.15) is 31.2 Å². The molecule has 1 fully saturated rings. The molecule has 0 radical (unpaired) electrons. The van der Waals surface area contributed by atoms with Gasteiger partial charge in [-0.3, -0.25) is 9.59 Å². The number of phenols is 1. The summed E-state index contributed by atoms with van der Waals surface area (Å²) in [7, 11) is 1.46. The molecule has 0 spiro atoms. The maximum Gasteiger partial charge on any atom is 0.306 e. The molecule has 23 heavy (non-hydrogen) atoms. The Kier molecular flexibility index (Phi) is 5.62. The number of hydrogen-bond donors (Lipinski definition) is 3. The average molecular weight is 319 g/mol. The minimum atomic E-state index is -0.754. The van der Waals surface area contributed by atoms with Gasteiger partial charge in [-0.25, -0.2) is 0 Å². The minimum Gasteiger partial charge on any atom is -0.504 e. The number of aliphatic carboxylic acids is 1. The van der Waals surface area contributed by atoms with Crippen LogP contribution in [0.5, 0.6) is 11.5 Å². The summed E-state index contributed by atoms with van der Waals surface area (Å²) in [6, 6.07) is 4.85. The van der Waals surface area contributed by atoms with Crippen LogP contribution in [0.2, 0.25) is 0 Å². The van der Waals surface area contributed by atoms with E-state index in [1.807, 2.05) is 0 Å². The van der Waals surface area contributed by atoms with Crippen LogP contribution in [-0.4, -0.2) is 35.2 Å². The normalized spacial score (nSPS) is 21.1. The van der Waals surface area contributed by atoms with Crippen molar-refractivity contribution >= 4 is 18.0 Å². The van der Waals surface area contributed by atoms with E-state index in [0.29, 0.717) is 31.4 Å². The van der Waals surface area contributed by atoms with E-state index in [1.165, 1.54) is 19.3 Å². The largest absolute Gasteiger partial charge is 0.504 e. The van der Waals surface area contributed by atoms with Gasteiger partial charge in [0.25, 0.3) is 0 Å². The van der Waals surface area contributed by atoms with Crippen LogP contribution < -0.4 is 10.1 Å². The topological polar surface area (TPSA) is 95.9 Å². The van der Waals surface area contributed by atoms with Crippen LogP contribution in [0.3, 0.4) is 0 Å². The molecular formula is C17H21NO5. The number of rotatable bonds is 5. The van der Waals surface area contributed by atoms with E-state index in [0.717, 1.165) is 5.56 Å². The van der Waals surface area contributed by atoms with E-state index in [1.54, 1.807) is 18.2 Å². The lowest BCUT2D eigenvalue weighted by molar-refractivity contribution is -0.142. The van der Waals surface area contributed by atoms with Crippen molar-refractivity contribution in [3.63, 3.8) is 0 Å². The van der Waals surface area contributed by atoms with Crippen molar-refractivity contribution in [2.75, 3.05) is 7.11 Å². The first kappa shape index (κ1) is 16.9. The van der Waals surface area contributed by atoms with Crippen molar-refractivity contribution in [3.8, 4) is 11.5 Å². The number of benzene rings is 1. The highest BCUT2D eigenvalue weighted by atomic mass is 16.5. The molecule has 1 aliphatic carbocycles. The Balaban J connectivity index is 1.86. The molecule has 1 amide bonds. The van der Waals surface area contributed by atoms with Gasteiger partial charge in [-0.05, 0) is 49.5 Å². The lowest BCUT2D eigenvalue weighted by Crippen LogP contribution is -2.37. The van der Waals surface area contributed by atoms with Gasteiger partial charge in [-0.2, -0.15) is 0 Å². The zero-order valence-corrected chi connectivity index (χ0v) is 13.0. The second-order valence-corrected chi connectivity index (χ2v) is 5.66. The number of nitrogens with one attached hydrogen (secondary N) is 1. The quantitative estimate of drug-likeness (QED) is 0.723. The fraction of sp³-hybridized carbons (Fsp3) is 0.412. The van der Waals surface area contributed by atoms with Gasteiger partial charge in [0.1, 0.15) is 0 Å². The van der Waals surface area contributed by atoms with Gasteiger partial charge in [0, 0.05) is 12.1 Å². The molecule has 0 bridgehead atoms. The Labute approximate surface area is 134 Å². The monoisotopic (exact) mass is 319 g/mol. The van der Waals surface area contributed by atoms with Gasteiger partial charge < -0.3 is 20.3 Å². The number of carboxylic acids is 1. The number of carbonyl (C=O) groups is 2. The molecule has 0 aliphatic heterocycles. The summed E-state index contributed by atoms with van der Waals surface area (Å²) in [4.78, 5) is 22.8. The first-order chi connectivity index (χ1) is 11.0. The predicted molar refractivity (Wildman–Crippen MR) is 85.2 cm³/mol. The molecule has 6 nitrogen and oxygen atoms in total.